The Labute approximate surface area is 139 Å². The Morgan fingerprint density at radius 1 is 1.29 bits per heavy atom. The van der Waals surface area contributed by atoms with Gasteiger partial charge in [0.05, 0.1) is 5.56 Å². The van der Waals surface area contributed by atoms with Crippen molar-refractivity contribution in [2.75, 3.05) is 13.1 Å². The average Bonchev–Trinajstić information content (AvgIpc) is 3.18. The van der Waals surface area contributed by atoms with Crippen molar-refractivity contribution in [2.24, 2.45) is 5.73 Å². The number of hydrogen-bond acceptors (Lipinski definition) is 4. The molecule has 2 aromatic heterocycles. The molecular weight excluding hydrogens is 302 g/mol. The molecule has 0 bridgehead atoms. The van der Waals surface area contributed by atoms with Gasteiger partial charge < -0.3 is 10.6 Å². The maximum Gasteiger partial charge on any atom is 0.255 e. The first-order valence-corrected chi connectivity index (χ1v) is 8.04. The number of amides is 1. The van der Waals surface area contributed by atoms with E-state index < -0.39 is 0 Å². The molecule has 1 aromatic carbocycles. The highest BCUT2D eigenvalue weighted by atomic mass is 16.2. The molecule has 0 unspecified atom stereocenters. The number of fused-ring (bicyclic) bond motifs is 1. The maximum absolute atomic E-state index is 12.8. The molecule has 1 saturated heterocycles. The third kappa shape index (κ3) is 2.45. The summed E-state index contributed by atoms with van der Waals surface area (Å²) in [6.07, 6.45) is 1.59. The number of benzene rings is 1. The van der Waals surface area contributed by atoms with Crippen LogP contribution in [0.3, 0.4) is 0 Å². The van der Waals surface area contributed by atoms with Crippen molar-refractivity contribution >= 4 is 16.9 Å². The number of pyridine rings is 1. The van der Waals surface area contributed by atoms with E-state index in [9.17, 15) is 4.79 Å². The first-order valence-electron chi connectivity index (χ1n) is 8.04. The second-order valence-electron chi connectivity index (χ2n) is 6.33. The number of H-pyrrole nitrogens is 1. The number of hydrogen-bond donors (Lipinski definition) is 2. The Balaban J connectivity index is 1.59. The topological polar surface area (TPSA) is 87.9 Å². The molecule has 4 rings (SSSR count). The largest absolute Gasteiger partial charge is 0.336 e. The number of carbonyl (C=O) groups excluding carboxylic acids is 1. The lowest BCUT2D eigenvalue weighted by Gasteiger charge is -2.16. The molecular formula is C18H19N5O. The van der Waals surface area contributed by atoms with Gasteiger partial charge in [-0.05, 0) is 18.6 Å². The minimum Gasteiger partial charge on any atom is -0.336 e. The lowest BCUT2D eigenvalue weighted by atomic mass is 9.95. The third-order valence-corrected chi connectivity index (χ3v) is 4.73. The molecule has 1 aliphatic heterocycles. The summed E-state index contributed by atoms with van der Waals surface area (Å²) in [6.45, 7) is 3.11. The number of aromatic nitrogens is 3. The molecule has 0 aliphatic carbocycles. The smallest absolute Gasteiger partial charge is 0.255 e. The first-order chi connectivity index (χ1) is 11.6. The van der Waals surface area contributed by atoms with Gasteiger partial charge in [-0.15, -0.1) is 0 Å². The monoisotopic (exact) mass is 321 g/mol. The second kappa shape index (κ2) is 5.72. The molecule has 2 atom stereocenters. The van der Waals surface area contributed by atoms with Crippen LogP contribution in [0.25, 0.3) is 11.0 Å². The van der Waals surface area contributed by atoms with Crippen LogP contribution in [0.4, 0.5) is 0 Å². The van der Waals surface area contributed by atoms with Crippen LogP contribution in [0.5, 0.6) is 0 Å². The Kier molecular flexibility index (Phi) is 3.54. The Hall–Kier alpha value is -2.73. The maximum atomic E-state index is 12.8. The molecule has 0 spiro atoms. The summed E-state index contributed by atoms with van der Waals surface area (Å²) in [4.78, 5) is 18.9. The number of nitrogens with two attached hydrogens (primary N) is 1. The van der Waals surface area contributed by atoms with Crippen LogP contribution >= 0.6 is 0 Å². The Morgan fingerprint density at radius 2 is 2.08 bits per heavy atom. The number of carbonyl (C=O) groups is 1. The van der Waals surface area contributed by atoms with E-state index in [-0.39, 0.29) is 17.9 Å². The summed E-state index contributed by atoms with van der Waals surface area (Å²) in [7, 11) is 0. The number of aromatic amines is 1. The molecule has 1 aliphatic rings. The summed E-state index contributed by atoms with van der Waals surface area (Å²) in [5.41, 5.74) is 9.59. The second-order valence-corrected chi connectivity index (χ2v) is 6.33. The van der Waals surface area contributed by atoms with Crippen LogP contribution in [0.1, 0.15) is 27.5 Å². The standard InChI is InChI=1S/C18H19N5O/c1-11-14-7-13(8-20-17(14)22-21-11)18(24)23-9-15(16(19)10-23)12-5-3-2-4-6-12/h2-8,15-16H,9-10,19H2,1H3,(H,20,21,22)/t15-,16+/m0/s1. The molecule has 6 heteroatoms. The normalized spacial score (nSPS) is 20.7. The SMILES string of the molecule is Cc1[nH]nc2ncc(C(=O)N3C[C@@H](N)[C@H](c4ccccc4)C3)cc12. The number of aryl methyl sites for hydroxylation is 1. The summed E-state index contributed by atoms with van der Waals surface area (Å²) < 4.78 is 0. The summed E-state index contributed by atoms with van der Waals surface area (Å²) in [6, 6.07) is 11.9. The first kappa shape index (κ1) is 14.8. The number of nitrogens with one attached hydrogen (secondary N) is 1. The molecule has 3 N–H and O–H groups in total. The van der Waals surface area contributed by atoms with Gasteiger partial charge in [0.15, 0.2) is 5.65 Å². The average molecular weight is 321 g/mol. The van der Waals surface area contributed by atoms with Gasteiger partial charge >= 0.3 is 0 Å². The van der Waals surface area contributed by atoms with Crippen molar-refractivity contribution in [2.45, 2.75) is 18.9 Å². The zero-order valence-corrected chi connectivity index (χ0v) is 13.4. The molecule has 122 valence electrons. The lowest BCUT2D eigenvalue weighted by molar-refractivity contribution is 0.0789. The van der Waals surface area contributed by atoms with Gasteiger partial charge in [0.25, 0.3) is 5.91 Å². The molecule has 3 aromatic rings. The molecule has 3 heterocycles. The number of likely N-dealkylation sites (tertiary alicyclic amines) is 1. The molecule has 1 amide bonds. The van der Waals surface area contributed by atoms with Crippen molar-refractivity contribution in [1.82, 2.24) is 20.1 Å². The molecule has 0 saturated carbocycles. The van der Waals surface area contributed by atoms with Crippen LogP contribution in [0, 0.1) is 6.92 Å². The van der Waals surface area contributed by atoms with Crippen LogP contribution in [-0.4, -0.2) is 45.1 Å². The predicted octanol–water partition coefficient (Wildman–Crippen LogP) is 1.83. The predicted molar refractivity (Wildman–Crippen MR) is 91.7 cm³/mol. The zero-order valence-electron chi connectivity index (χ0n) is 13.4. The fourth-order valence-electron chi connectivity index (χ4n) is 3.37. The fraction of sp³-hybridized carbons (Fsp3) is 0.278. The summed E-state index contributed by atoms with van der Waals surface area (Å²) >= 11 is 0. The third-order valence-electron chi connectivity index (χ3n) is 4.73. The molecule has 0 radical (unpaired) electrons. The van der Waals surface area contributed by atoms with Gasteiger partial charge in [-0.3, -0.25) is 9.89 Å². The quantitative estimate of drug-likeness (QED) is 0.754. The highest BCUT2D eigenvalue weighted by Gasteiger charge is 2.34. The van der Waals surface area contributed by atoms with Gasteiger partial charge in [0.2, 0.25) is 0 Å². The van der Waals surface area contributed by atoms with E-state index in [1.54, 1.807) is 6.20 Å². The highest BCUT2D eigenvalue weighted by Crippen LogP contribution is 2.27. The fourth-order valence-corrected chi connectivity index (χ4v) is 3.37. The van der Waals surface area contributed by atoms with Crippen LogP contribution in [0.15, 0.2) is 42.6 Å². The number of nitrogens with zero attached hydrogens (tertiary/aromatic N) is 3. The van der Waals surface area contributed by atoms with Crippen molar-refractivity contribution in [1.29, 1.82) is 0 Å². The zero-order chi connectivity index (χ0) is 16.7. The van der Waals surface area contributed by atoms with Crippen LogP contribution < -0.4 is 5.73 Å². The van der Waals surface area contributed by atoms with Crippen molar-refractivity contribution in [3.05, 3.63) is 59.4 Å². The minimum absolute atomic E-state index is 0.0288. The van der Waals surface area contributed by atoms with E-state index >= 15 is 0 Å². The van der Waals surface area contributed by atoms with E-state index in [1.807, 2.05) is 36.1 Å². The van der Waals surface area contributed by atoms with E-state index in [0.717, 1.165) is 11.1 Å². The van der Waals surface area contributed by atoms with Gasteiger partial charge in [0.1, 0.15) is 0 Å². The highest BCUT2D eigenvalue weighted by molar-refractivity contribution is 5.97. The van der Waals surface area contributed by atoms with Crippen molar-refractivity contribution in [3.8, 4) is 0 Å². The van der Waals surface area contributed by atoms with Gasteiger partial charge in [-0.1, -0.05) is 30.3 Å². The molecule has 1 fully saturated rings. The van der Waals surface area contributed by atoms with E-state index in [1.165, 1.54) is 5.56 Å². The van der Waals surface area contributed by atoms with Crippen LogP contribution in [-0.2, 0) is 0 Å². The van der Waals surface area contributed by atoms with Crippen molar-refractivity contribution < 1.29 is 4.79 Å². The summed E-state index contributed by atoms with van der Waals surface area (Å²) in [5, 5.41) is 7.87. The van der Waals surface area contributed by atoms with E-state index in [0.29, 0.717) is 24.3 Å². The Bertz CT molecular complexity index is 889. The minimum atomic E-state index is -0.0521. The molecule has 24 heavy (non-hydrogen) atoms. The number of rotatable bonds is 2. The van der Waals surface area contributed by atoms with Gasteiger partial charge in [-0.25, -0.2) is 4.98 Å². The Morgan fingerprint density at radius 3 is 2.88 bits per heavy atom. The van der Waals surface area contributed by atoms with Crippen LogP contribution in [0.2, 0.25) is 0 Å². The van der Waals surface area contributed by atoms with Crippen molar-refractivity contribution in [3.63, 3.8) is 0 Å². The molecule has 6 nitrogen and oxygen atoms in total. The van der Waals surface area contributed by atoms with E-state index in [2.05, 4.69) is 27.3 Å². The van der Waals surface area contributed by atoms with Gasteiger partial charge in [0, 0.05) is 42.3 Å². The van der Waals surface area contributed by atoms with E-state index in [4.69, 9.17) is 5.73 Å². The lowest BCUT2D eigenvalue weighted by Crippen LogP contribution is -2.32. The summed E-state index contributed by atoms with van der Waals surface area (Å²) in [5.74, 6) is 0.140. The van der Waals surface area contributed by atoms with Gasteiger partial charge in [-0.2, -0.15) is 5.10 Å².